The molecule has 1 aromatic rings. The number of carbonyl (C=O) groups excluding carboxylic acids is 2. The fraction of sp³-hybridized carbons (Fsp3) is 0.684. The Hall–Kier alpha value is -1.82. The van der Waals surface area contributed by atoms with Crippen LogP contribution in [0, 0.1) is 23.2 Å². The molecule has 4 saturated carbocycles. The van der Waals surface area contributed by atoms with Gasteiger partial charge in [0.25, 0.3) is 5.91 Å². The molecule has 1 aromatic heterocycles. The van der Waals surface area contributed by atoms with Crippen molar-refractivity contribution < 1.29 is 14.8 Å². The summed E-state index contributed by atoms with van der Waals surface area (Å²) in [6.07, 6.45) is 9.06. The lowest BCUT2D eigenvalue weighted by Gasteiger charge is -2.56. The average Bonchev–Trinajstić information content (AvgIpc) is 3.02. The number of amides is 2. The van der Waals surface area contributed by atoms with Gasteiger partial charge in [-0.15, -0.1) is 0 Å². The second-order valence-electron chi connectivity index (χ2n) is 8.78. The number of hydroxylamine groups is 1. The van der Waals surface area contributed by atoms with Gasteiger partial charge in [0.2, 0.25) is 5.91 Å². The first-order valence-electron chi connectivity index (χ1n) is 9.49. The van der Waals surface area contributed by atoms with E-state index >= 15 is 0 Å². The van der Waals surface area contributed by atoms with Crippen molar-refractivity contribution >= 4 is 11.8 Å². The summed E-state index contributed by atoms with van der Waals surface area (Å²) < 4.78 is 2.02. The normalized spacial score (nSPS) is 35.6. The van der Waals surface area contributed by atoms with E-state index in [9.17, 15) is 9.59 Å². The quantitative estimate of drug-likeness (QED) is 0.638. The third-order valence-electron chi connectivity index (χ3n) is 7.09. The molecule has 6 nitrogen and oxygen atoms in total. The number of aromatic nitrogens is 1. The predicted octanol–water partition coefficient (Wildman–Crippen LogP) is 2.17. The van der Waals surface area contributed by atoms with Crippen LogP contribution in [0.1, 0.15) is 54.6 Å². The van der Waals surface area contributed by atoms with Crippen LogP contribution in [0.25, 0.3) is 0 Å². The Morgan fingerprint density at radius 2 is 1.72 bits per heavy atom. The summed E-state index contributed by atoms with van der Waals surface area (Å²) in [7, 11) is 0. The summed E-state index contributed by atoms with van der Waals surface area (Å²) in [4.78, 5) is 27.1. The van der Waals surface area contributed by atoms with Crippen molar-refractivity contribution in [3.8, 4) is 0 Å². The monoisotopic (exact) mass is 343 g/mol. The first-order valence-corrected chi connectivity index (χ1v) is 9.49. The maximum Gasteiger partial charge on any atom is 0.276 e. The van der Waals surface area contributed by atoms with Gasteiger partial charge in [-0.05, 0) is 62.3 Å². The van der Waals surface area contributed by atoms with Crippen LogP contribution in [0.3, 0.4) is 0 Å². The van der Waals surface area contributed by atoms with Gasteiger partial charge in [0.1, 0.15) is 0 Å². The molecule has 1 aliphatic heterocycles. The van der Waals surface area contributed by atoms with E-state index in [2.05, 4.69) is 0 Å². The van der Waals surface area contributed by atoms with E-state index in [-0.39, 0.29) is 5.41 Å². The fourth-order valence-corrected chi connectivity index (χ4v) is 6.47. The van der Waals surface area contributed by atoms with Gasteiger partial charge in [-0.25, -0.2) is 5.48 Å². The molecule has 2 heterocycles. The zero-order valence-corrected chi connectivity index (χ0v) is 14.4. The molecule has 6 heteroatoms. The predicted molar refractivity (Wildman–Crippen MR) is 89.7 cm³/mol. The molecular formula is C19H25N3O3. The van der Waals surface area contributed by atoms with E-state index in [0.717, 1.165) is 42.7 Å². The Kier molecular flexibility index (Phi) is 3.29. The van der Waals surface area contributed by atoms with Gasteiger partial charge in [0.05, 0.1) is 17.5 Å². The highest BCUT2D eigenvalue weighted by molar-refractivity contribution is 5.93. The van der Waals surface area contributed by atoms with Crippen molar-refractivity contribution in [1.29, 1.82) is 0 Å². The molecule has 0 aromatic carbocycles. The highest BCUT2D eigenvalue weighted by Gasteiger charge is 2.55. The third kappa shape index (κ3) is 2.34. The molecule has 4 bridgehead atoms. The van der Waals surface area contributed by atoms with Crippen LogP contribution in [0.2, 0.25) is 0 Å². The van der Waals surface area contributed by atoms with Crippen molar-refractivity contribution in [2.75, 3.05) is 6.54 Å². The van der Waals surface area contributed by atoms with Crippen LogP contribution in [-0.2, 0) is 17.9 Å². The SMILES string of the molecule is O=C(NO)c1cc2n(c1)CCN(C(=O)C13CC4CC(CC(C4)C1)C3)C2. The van der Waals surface area contributed by atoms with E-state index < -0.39 is 5.91 Å². The number of rotatable bonds is 2. The smallest absolute Gasteiger partial charge is 0.276 e. The molecule has 4 fully saturated rings. The average molecular weight is 343 g/mol. The van der Waals surface area contributed by atoms with Gasteiger partial charge in [-0.3, -0.25) is 14.8 Å². The van der Waals surface area contributed by atoms with Crippen LogP contribution in [-0.4, -0.2) is 33.0 Å². The van der Waals surface area contributed by atoms with E-state index in [1.807, 2.05) is 9.47 Å². The van der Waals surface area contributed by atoms with Gasteiger partial charge in [0, 0.05) is 25.0 Å². The summed E-state index contributed by atoms with van der Waals surface area (Å²) in [5, 5.41) is 8.81. The molecule has 5 aliphatic rings. The van der Waals surface area contributed by atoms with Crippen molar-refractivity contribution in [3.63, 3.8) is 0 Å². The molecule has 0 radical (unpaired) electrons. The number of nitrogens with one attached hydrogen (secondary N) is 1. The summed E-state index contributed by atoms with van der Waals surface area (Å²) in [6.45, 7) is 1.99. The molecule has 2 N–H and O–H groups in total. The molecule has 0 spiro atoms. The van der Waals surface area contributed by atoms with Crippen LogP contribution in [0.15, 0.2) is 12.3 Å². The molecular weight excluding hydrogens is 318 g/mol. The Balaban J connectivity index is 1.37. The zero-order chi connectivity index (χ0) is 17.2. The van der Waals surface area contributed by atoms with Gasteiger partial charge in [-0.1, -0.05) is 0 Å². The maximum absolute atomic E-state index is 13.5. The largest absolute Gasteiger partial charge is 0.347 e. The minimum absolute atomic E-state index is 0.102. The van der Waals surface area contributed by atoms with E-state index in [1.54, 1.807) is 17.7 Å². The summed E-state index contributed by atoms with van der Waals surface area (Å²) in [5.41, 5.74) is 3.00. The number of nitrogens with zero attached hydrogens (tertiary/aromatic N) is 2. The topological polar surface area (TPSA) is 74.6 Å². The molecule has 2 amide bonds. The highest BCUT2D eigenvalue weighted by atomic mass is 16.5. The molecule has 0 unspecified atom stereocenters. The standard InChI is InChI=1S/C19H25N3O3/c23-17(20-25)15-6-16-11-22(2-1-21(16)10-15)18(24)19-7-12-3-13(8-19)5-14(4-12)9-19/h6,10,12-14,25H,1-5,7-9,11H2,(H,20,23). The lowest BCUT2D eigenvalue weighted by atomic mass is 9.49. The molecule has 134 valence electrons. The molecule has 0 saturated heterocycles. The summed E-state index contributed by atoms with van der Waals surface area (Å²) in [6, 6.07) is 1.78. The molecule has 25 heavy (non-hydrogen) atoms. The fourth-order valence-electron chi connectivity index (χ4n) is 6.47. The summed E-state index contributed by atoms with van der Waals surface area (Å²) >= 11 is 0. The Morgan fingerprint density at radius 1 is 1.08 bits per heavy atom. The van der Waals surface area contributed by atoms with Gasteiger partial charge < -0.3 is 9.47 Å². The van der Waals surface area contributed by atoms with Crippen molar-refractivity contribution in [3.05, 3.63) is 23.5 Å². The number of carbonyl (C=O) groups is 2. The van der Waals surface area contributed by atoms with Gasteiger partial charge in [-0.2, -0.15) is 0 Å². The second kappa shape index (κ2) is 5.34. The van der Waals surface area contributed by atoms with E-state index in [0.29, 0.717) is 31.1 Å². The summed E-state index contributed by atoms with van der Waals surface area (Å²) in [5.74, 6) is 2.16. The molecule has 6 rings (SSSR count). The molecule has 4 aliphatic carbocycles. The number of hydrogen-bond acceptors (Lipinski definition) is 3. The van der Waals surface area contributed by atoms with Crippen LogP contribution in [0.4, 0.5) is 0 Å². The minimum atomic E-state index is -0.499. The number of hydrogen-bond donors (Lipinski definition) is 2. The number of fused-ring (bicyclic) bond motifs is 1. The Morgan fingerprint density at radius 3 is 2.32 bits per heavy atom. The van der Waals surface area contributed by atoms with E-state index in [4.69, 9.17) is 5.21 Å². The van der Waals surface area contributed by atoms with Gasteiger partial charge >= 0.3 is 0 Å². The highest BCUT2D eigenvalue weighted by Crippen LogP contribution is 2.60. The van der Waals surface area contributed by atoms with Crippen molar-refractivity contribution in [2.24, 2.45) is 23.2 Å². The maximum atomic E-state index is 13.5. The van der Waals surface area contributed by atoms with Crippen LogP contribution in [0.5, 0.6) is 0 Å². The minimum Gasteiger partial charge on any atom is -0.347 e. The lowest BCUT2D eigenvalue weighted by molar-refractivity contribution is -0.159. The van der Waals surface area contributed by atoms with Crippen LogP contribution < -0.4 is 5.48 Å². The van der Waals surface area contributed by atoms with Gasteiger partial charge in [0.15, 0.2) is 0 Å². The lowest BCUT2D eigenvalue weighted by Crippen LogP contribution is -2.55. The Bertz CT molecular complexity index is 703. The van der Waals surface area contributed by atoms with E-state index in [1.165, 1.54) is 19.3 Å². The van der Waals surface area contributed by atoms with Crippen LogP contribution >= 0.6 is 0 Å². The van der Waals surface area contributed by atoms with Crippen molar-refractivity contribution in [1.82, 2.24) is 14.9 Å². The first kappa shape index (κ1) is 15.4. The second-order valence-corrected chi connectivity index (χ2v) is 8.78. The zero-order valence-electron chi connectivity index (χ0n) is 14.4. The molecule has 0 atom stereocenters. The van der Waals surface area contributed by atoms with Crippen molar-refractivity contribution in [2.45, 2.75) is 51.6 Å². The Labute approximate surface area is 147 Å². The first-order chi connectivity index (χ1) is 12.1. The third-order valence-corrected chi connectivity index (χ3v) is 7.09.